The number of halogens is 1. The zero-order valence-corrected chi connectivity index (χ0v) is 18.7. The van der Waals surface area contributed by atoms with E-state index in [1.54, 1.807) is 19.3 Å². The minimum atomic E-state index is -0.492. The van der Waals surface area contributed by atoms with Crippen molar-refractivity contribution in [2.75, 3.05) is 7.11 Å². The van der Waals surface area contributed by atoms with E-state index in [2.05, 4.69) is 20.9 Å². The van der Waals surface area contributed by atoms with Gasteiger partial charge in [0.25, 0.3) is 0 Å². The second-order valence-electron chi connectivity index (χ2n) is 6.95. The molecule has 6 heteroatoms. The van der Waals surface area contributed by atoms with E-state index in [4.69, 9.17) is 14.2 Å². The average molecular weight is 478 g/mol. The summed E-state index contributed by atoms with van der Waals surface area (Å²) in [7, 11) is 1.58. The molecule has 0 saturated heterocycles. The number of carbonyl (C=O) groups excluding carboxylic acids is 1. The van der Waals surface area contributed by atoms with Crippen molar-refractivity contribution in [3.63, 3.8) is 0 Å². The first kappa shape index (κ1) is 20.9. The summed E-state index contributed by atoms with van der Waals surface area (Å²) in [6.45, 7) is 2.46. The Labute approximate surface area is 189 Å². The van der Waals surface area contributed by atoms with Gasteiger partial charge < -0.3 is 14.2 Å². The highest BCUT2D eigenvalue weighted by atomic mass is 79.9. The summed E-state index contributed by atoms with van der Waals surface area (Å²) < 4.78 is 17.6. The number of aliphatic imine (C=N–C) groups is 1. The second-order valence-corrected chi connectivity index (χ2v) is 7.81. The SMILES string of the molecule is COc1cc(/C=C2\N=C(c3ccccc3)OC2=O)cc(Br)c1OCc1ccccc1C. The van der Waals surface area contributed by atoms with E-state index in [-0.39, 0.29) is 5.70 Å². The van der Waals surface area contributed by atoms with Gasteiger partial charge in [-0.15, -0.1) is 0 Å². The minimum Gasteiger partial charge on any atom is -0.493 e. The van der Waals surface area contributed by atoms with Crippen molar-refractivity contribution in [3.05, 3.63) is 99.2 Å². The van der Waals surface area contributed by atoms with Crippen LogP contribution in [-0.2, 0) is 16.1 Å². The van der Waals surface area contributed by atoms with Gasteiger partial charge in [-0.1, -0.05) is 42.5 Å². The maximum Gasteiger partial charge on any atom is 0.363 e. The van der Waals surface area contributed by atoms with Gasteiger partial charge in [-0.3, -0.25) is 0 Å². The van der Waals surface area contributed by atoms with Gasteiger partial charge in [0, 0.05) is 5.56 Å². The highest BCUT2D eigenvalue weighted by molar-refractivity contribution is 9.10. The van der Waals surface area contributed by atoms with Gasteiger partial charge in [0.2, 0.25) is 5.90 Å². The lowest BCUT2D eigenvalue weighted by atomic mass is 10.1. The van der Waals surface area contributed by atoms with Crippen LogP contribution < -0.4 is 9.47 Å². The first-order valence-electron chi connectivity index (χ1n) is 9.68. The molecule has 0 aliphatic carbocycles. The lowest BCUT2D eigenvalue weighted by Gasteiger charge is -2.14. The number of methoxy groups -OCH3 is 1. The predicted octanol–water partition coefficient (Wildman–Crippen LogP) is 5.69. The van der Waals surface area contributed by atoms with E-state index < -0.39 is 5.97 Å². The van der Waals surface area contributed by atoms with Crippen LogP contribution in [0.3, 0.4) is 0 Å². The largest absolute Gasteiger partial charge is 0.493 e. The standard InChI is InChI=1S/C25H20BrNO4/c1-16-8-6-7-11-19(16)15-30-23-20(26)12-17(14-22(23)29-2)13-21-25(28)31-24(27-21)18-9-4-3-5-10-18/h3-14H,15H2,1-2H3/b21-13-. The third-order valence-electron chi connectivity index (χ3n) is 4.83. The molecule has 0 aromatic heterocycles. The van der Waals surface area contributed by atoms with Crippen molar-refractivity contribution >= 4 is 33.9 Å². The lowest BCUT2D eigenvalue weighted by Crippen LogP contribution is -2.05. The van der Waals surface area contributed by atoms with Crippen LogP contribution in [0.25, 0.3) is 6.08 Å². The number of cyclic esters (lactones) is 1. The molecule has 156 valence electrons. The summed E-state index contributed by atoms with van der Waals surface area (Å²) in [6, 6.07) is 21.0. The van der Waals surface area contributed by atoms with Gasteiger partial charge in [0.1, 0.15) is 6.61 Å². The summed E-state index contributed by atoms with van der Waals surface area (Å²) in [6.07, 6.45) is 1.66. The van der Waals surface area contributed by atoms with Gasteiger partial charge in [-0.05, 0) is 69.9 Å². The summed E-state index contributed by atoms with van der Waals surface area (Å²) >= 11 is 3.56. The fourth-order valence-electron chi connectivity index (χ4n) is 3.16. The van der Waals surface area contributed by atoms with Crippen molar-refractivity contribution in [2.24, 2.45) is 4.99 Å². The Bertz CT molecular complexity index is 1190. The molecule has 0 amide bonds. The summed E-state index contributed by atoms with van der Waals surface area (Å²) in [5, 5.41) is 0. The number of nitrogens with zero attached hydrogens (tertiary/aromatic N) is 1. The lowest BCUT2D eigenvalue weighted by molar-refractivity contribution is -0.129. The molecule has 0 fully saturated rings. The Balaban J connectivity index is 1.60. The molecule has 5 nitrogen and oxygen atoms in total. The van der Waals surface area contributed by atoms with Crippen LogP contribution in [0.2, 0.25) is 0 Å². The van der Waals surface area contributed by atoms with Crippen LogP contribution in [0.4, 0.5) is 0 Å². The smallest absolute Gasteiger partial charge is 0.363 e. The molecule has 0 radical (unpaired) electrons. The number of ether oxygens (including phenoxy) is 3. The molecule has 3 aromatic carbocycles. The zero-order chi connectivity index (χ0) is 21.8. The molecule has 31 heavy (non-hydrogen) atoms. The summed E-state index contributed by atoms with van der Waals surface area (Å²) in [5.74, 6) is 0.943. The molecular weight excluding hydrogens is 458 g/mol. The Morgan fingerprint density at radius 1 is 1.06 bits per heavy atom. The van der Waals surface area contributed by atoms with Gasteiger partial charge in [0.15, 0.2) is 17.2 Å². The van der Waals surface area contributed by atoms with Gasteiger partial charge in [-0.25, -0.2) is 9.79 Å². The van der Waals surface area contributed by atoms with Crippen molar-refractivity contribution in [1.29, 1.82) is 0 Å². The van der Waals surface area contributed by atoms with Crippen LogP contribution >= 0.6 is 15.9 Å². The van der Waals surface area contributed by atoms with E-state index in [0.29, 0.717) is 28.5 Å². The van der Waals surface area contributed by atoms with E-state index in [1.165, 1.54) is 0 Å². The number of benzene rings is 3. The Kier molecular flexibility index (Phi) is 6.18. The molecule has 4 rings (SSSR count). The molecule has 1 aliphatic heterocycles. The molecule has 0 N–H and O–H groups in total. The third kappa shape index (κ3) is 4.70. The normalized spacial score (nSPS) is 14.4. The first-order valence-corrected chi connectivity index (χ1v) is 10.5. The number of esters is 1. The number of aryl methyl sites for hydroxylation is 1. The molecular formula is C25H20BrNO4. The van der Waals surface area contributed by atoms with Crippen molar-refractivity contribution in [3.8, 4) is 11.5 Å². The number of rotatable bonds is 6. The van der Waals surface area contributed by atoms with E-state index in [9.17, 15) is 4.79 Å². The number of hydrogen-bond acceptors (Lipinski definition) is 5. The molecule has 0 spiro atoms. The Morgan fingerprint density at radius 2 is 1.81 bits per heavy atom. The monoisotopic (exact) mass is 477 g/mol. The second kappa shape index (κ2) is 9.18. The van der Waals surface area contributed by atoms with E-state index >= 15 is 0 Å². The Hall–Kier alpha value is -3.38. The molecule has 0 atom stereocenters. The molecule has 1 heterocycles. The topological polar surface area (TPSA) is 57.1 Å². The van der Waals surface area contributed by atoms with Gasteiger partial charge >= 0.3 is 5.97 Å². The van der Waals surface area contributed by atoms with Crippen molar-refractivity contribution in [1.82, 2.24) is 0 Å². The predicted molar refractivity (Wildman–Crippen MR) is 123 cm³/mol. The molecule has 3 aromatic rings. The highest BCUT2D eigenvalue weighted by Crippen LogP contribution is 2.38. The fourth-order valence-corrected chi connectivity index (χ4v) is 3.73. The van der Waals surface area contributed by atoms with Crippen LogP contribution in [-0.4, -0.2) is 19.0 Å². The van der Waals surface area contributed by atoms with Crippen molar-refractivity contribution < 1.29 is 19.0 Å². The van der Waals surface area contributed by atoms with Gasteiger partial charge in [0.05, 0.1) is 11.6 Å². The van der Waals surface area contributed by atoms with Crippen LogP contribution in [0.1, 0.15) is 22.3 Å². The molecule has 0 saturated carbocycles. The van der Waals surface area contributed by atoms with Crippen LogP contribution in [0, 0.1) is 6.92 Å². The first-order chi connectivity index (χ1) is 15.0. The molecule has 1 aliphatic rings. The summed E-state index contributed by atoms with van der Waals surface area (Å²) in [4.78, 5) is 16.6. The average Bonchev–Trinajstić information content (AvgIpc) is 3.14. The van der Waals surface area contributed by atoms with Crippen LogP contribution in [0.15, 0.2) is 81.9 Å². The van der Waals surface area contributed by atoms with E-state index in [1.807, 2.05) is 67.6 Å². The fraction of sp³-hybridized carbons (Fsp3) is 0.120. The third-order valence-corrected chi connectivity index (χ3v) is 5.42. The van der Waals surface area contributed by atoms with Crippen molar-refractivity contribution in [2.45, 2.75) is 13.5 Å². The molecule has 0 unspecified atom stereocenters. The number of carbonyl (C=O) groups is 1. The minimum absolute atomic E-state index is 0.224. The molecule has 0 bridgehead atoms. The zero-order valence-electron chi connectivity index (χ0n) is 17.1. The van der Waals surface area contributed by atoms with Gasteiger partial charge in [-0.2, -0.15) is 0 Å². The number of hydrogen-bond donors (Lipinski definition) is 0. The summed E-state index contributed by atoms with van der Waals surface area (Å²) in [5.41, 5.74) is 3.96. The maximum atomic E-state index is 12.3. The van der Waals surface area contributed by atoms with E-state index in [0.717, 1.165) is 22.3 Å². The van der Waals surface area contributed by atoms with Crippen LogP contribution in [0.5, 0.6) is 11.5 Å². The maximum absolute atomic E-state index is 12.3. The Morgan fingerprint density at radius 3 is 2.55 bits per heavy atom. The quantitative estimate of drug-likeness (QED) is 0.338. The highest BCUT2D eigenvalue weighted by Gasteiger charge is 2.24.